The second-order valence-electron chi connectivity index (χ2n) is 3.32. The van der Waals surface area contributed by atoms with Crippen LogP contribution < -0.4 is 0 Å². The van der Waals surface area contributed by atoms with E-state index in [2.05, 4.69) is 11.9 Å². The molecule has 0 aliphatic heterocycles. The van der Waals surface area contributed by atoms with Gasteiger partial charge in [0.1, 0.15) is 11.3 Å². The number of aliphatic carboxylic acids is 1. The maximum absolute atomic E-state index is 10.4. The molecule has 0 spiro atoms. The summed E-state index contributed by atoms with van der Waals surface area (Å²) in [5, 5.41) is 8.95. The summed E-state index contributed by atoms with van der Waals surface area (Å²) in [6, 6.07) is 5.83. The topological polar surface area (TPSA) is 63.3 Å². The average molecular weight is 237 g/mol. The first-order valence-corrected chi connectivity index (χ1v) is 5.91. The van der Waals surface area contributed by atoms with Gasteiger partial charge in [0.15, 0.2) is 5.58 Å². The molecule has 1 aromatic heterocycles. The summed E-state index contributed by atoms with van der Waals surface area (Å²) in [5.41, 5.74) is 2.66. The summed E-state index contributed by atoms with van der Waals surface area (Å²) in [4.78, 5) is 14.6. The number of hydrogen-bond donors (Lipinski definition) is 1. The molecule has 0 radical (unpaired) electrons. The third kappa shape index (κ3) is 2.36. The fourth-order valence-electron chi connectivity index (χ4n) is 1.35. The maximum Gasteiger partial charge on any atom is 0.314 e. The van der Waals surface area contributed by atoms with Crippen LogP contribution in [0.2, 0.25) is 0 Å². The predicted octanol–water partition coefficient (Wildman–Crippen LogP) is 2.57. The van der Waals surface area contributed by atoms with E-state index >= 15 is 0 Å². The van der Waals surface area contributed by atoms with Crippen LogP contribution in [0.3, 0.4) is 0 Å². The fourth-order valence-corrected chi connectivity index (χ4v) is 1.91. The molecule has 2 rings (SSSR count). The van der Waals surface area contributed by atoms with Crippen LogP contribution >= 0.6 is 11.8 Å². The zero-order chi connectivity index (χ0) is 11.5. The average Bonchev–Trinajstić information content (AvgIpc) is 2.67. The third-order valence-electron chi connectivity index (χ3n) is 2.16. The Morgan fingerprint density at radius 1 is 1.56 bits per heavy atom. The Morgan fingerprint density at radius 3 is 3.06 bits per heavy atom. The van der Waals surface area contributed by atoms with Crippen molar-refractivity contribution in [2.24, 2.45) is 0 Å². The molecule has 0 amide bonds. The number of fused-ring (bicyclic) bond motifs is 1. The molecule has 0 aliphatic rings. The van der Waals surface area contributed by atoms with Crippen molar-refractivity contribution in [3.63, 3.8) is 0 Å². The van der Waals surface area contributed by atoms with E-state index in [0.717, 1.165) is 23.7 Å². The van der Waals surface area contributed by atoms with E-state index in [-0.39, 0.29) is 5.75 Å². The molecular formula is C11H11NO3S. The van der Waals surface area contributed by atoms with Crippen molar-refractivity contribution in [2.75, 3.05) is 5.75 Å². The molecular weight excluding hydrogens is 226 g/mol. The number of carboxylic acids is 1. The van der Waals surface area contributed by atoms with Crippen molar-refractivity contribution < 1.29 is 14.3 Å². The van der Waals surface area contributed by atoms with Crippen LogP contribution in [-0.2, 0) is 11.2 Å². The summed E-state index contributed by atoms with van der Waals surface area (Å²) in [6.45, 7) is 2.07. The van der Waals surface area contributed by atoms with Crippen LogP contribution in [0, 0.1) is 0 Å². The molecule has 0 aliphatic carbocycles. The Kier molecular flexibility index (Phi) is 3.14. The van der Waals surface area contributed by atoms with Crippen molar-refractivity contribution in [1.82, 2.24) is 4.98 Å². The number of carbonyl (C=O) groups is 1. The molecule has 0 unspecified atom stereocenters. The van der Waals surface area contributed by atoms with E-state index in [4.69, 9.17) is 9.52 Å². The SMILES string of the molecule is CCc1ccc2nc(SCC(=O)O)oc2c1. The molecule has 84 valence electrons. The maximum atomic E-state index is 10.4. The van der Waals surface area contributed by atoms with Crippen LogP contribution in [0.25, 0.3) is 11.1 Å². The van der Waals surface area contributed by atoms with Gasteiger partial charge in [-0.2, -0.15) is 0 Å². The van der Waals surface area contributed by atoms with Gasteiger partial charge in [-0.15, -0.1) is 0 Å². The van der Waals surface area contributed by atoms with Crippen LogP contribution in [0.1, 0.15) is 12.5 Å². The monoisotopic (exact) mass is 237 g/mol. The molecule has 0 saturated carbocycles. The molecule has 0 atom stereocenters. The first-order valence-electron chi connectivity index (χ1n) is 4.93. The predicted molar refractivity (Wildman–Crippen MR) is 61.7 cm³/mol. The van der Waals surface area contributed by atoms with Gasteiger partial charge in [-0.05, 0) is 24.1 Å². The minimum Gasteiger partial charge on any atom is -0.481 e. The molecule has 0 bridgehead atoms. The molecule has 2 aromatic rings. The first kappa shape index (κ1) is 11.0. The van der Waals surface area contributed by atoms with Crippen LogP contribution in [0.15, 0.2) is 27.8 Å². The van der Waals surface area contributed by atoms with Gasteiger partial charge >= 0.3 is 5.97 Å². The lowest BCUT2D eigenvalue weighted by Gasteiger charge is -1.92. The highest BCUT2D eigenvalue weighted by atomic mass is 32.2. The number of aryl methyl sites for hydroxylation is 1. The molecule has 5 heteroatoms. The lowest BCUT2D eigenvalue weighted by molar-refractivity contribution is -0.133. The van der Waals surface area contributed by atoms with Crippen LogP contribution in [0.5, 0.6) is 0 Å². The summed E-state index contributed by atoms with van der Waals surface area (Å²) >= 11 is 1.09. The first-order chi connectivity index (χ1) is 7.69. The number of carboxylic acid groups (broad SMARTS) is 1. The molecule has 0 saturated heterocycles. The van der Waals surface area contributed by atoms with Gasteiger partial charge in [0.25, 0.3) is 5.22 Å². The number of nitrogens with zero attached hydrogens (tertiary/aromatic N) is 1. The largest absolute Gasteiger partial charge is 0.481 e. The Balaban J connectivity index is 2.25. The Morgan fingerprint density at radius 2 is 2.38 bits per heavy atom. The lowest BCUT2D eigenvalue weighted by atomic mass is 10.2. The number of hydrogen-bond acceptors (Lipinski definition) is 4. The van der Waals surface area contributed by atoms with E-state index in [0.29, 0.717) is 10.8 Å². The number of oxazole rings is 1. The lowest BCUT2D eigenvalue weighted by Crippen LogP contribution is -1.97. The van der Waals surface area contributed by atoms with Gasteiger partial charge in [-0.3, -0.25) is 4.79 Å². The highest BCUT2D eigenvalue weighted by molar-refractivity contribution is 7.99. The molecule has 1 aromatic carbocycles. The van der Waals surface area contributed by atoms with Crippen molar-refractivity contribution >= 4 is 28.8 Å². The van der Waals surface area contributed by atoms with E-state index in [9.17, 15) is 4.79 Å². The zero-order valence-corrected chi connectivity index (χ0v) is 9.58. The summed E-state index contributed by atoms with van der Waals surface area (Å²) in [5.74, 6) is -0.908. The van der Waals surface area contributed by atoms with E-state index in [1.165, 1.54) is 5.56 Å². The smallest absolute Gasteiger partial charge is 0.314 e. The highest BCUT2D eigenvalue weighted by Gasteiger charge is 2.08. The second-order valence-corrected chi connectivity index (χ2v) is 4.24. The van der Waals surface area contributed by atoms with Gasteiger partial charge in [-0.1, -0.05) is 24.8 Å². The summed E-state index contributed by atoms with van der Waals surface area (Å²) < 4.78 is 5.45. The van der Waals surface area contributed by atoms with Gasteiger partial charge < -0.3 is 9.52 Å². The van der Waals surface area contributed by atoms with Crippen molar-refractivity contribution in [2.45, 2.75) is 18.6 Å². The highest BCUT2D eigenvalue weighted by Crippen LogP contribution is 2.24. The van der Waals surface area contributed by atoms with E-state index < -0.39 is 5.97 Å². The minimum absolute atomic E-state index is 0.0343. The molecule has 1 heterocycles. The van der Waals surface area contributed by atoms with E-state index in [1.807, 2.05) is 18.2 Å². The summed E-state index contributed by atoms with van der Waals surface area (Å²) in [6.07, 6.45) is 0.939. The van der Waals surface area contributed by atoms with Crippen molar-refractivity contribution in [3.8, 4) is 0 Å². The molecule has 4 nitrogen and oxygen atoms in total. The zero-order valence-electron chi connectivity index (χ0n) is 8.77. The van der Waals surface area contributed by atoms with Crippen molar-refractivity contribution in [1.29, 1.82) is 0 Å². The summed E-state index contributed by atoms with van der Waals surface area (Å²) in [7, 11) is 0. The van der Waals surface area contributed by atoms with Gasteiger partial charge in [-0.25, -0.2) is 4.98 Å². The van der Waals surface area contributed by atoms with Crippen LogP contribution in [0.4, 0.5) is 0 Å². The fraction of sp³-hybridized carbons (Fsp3) is 0.273. The third-order valence-corrected chi connectivity index (χ3v) is 2.97. The number of aromatic nitrogens is 1. The van der Waals surface area contributed by atoms with Crippen molar-refractivity contribution in [3.05, 3.63) is 23.8 Å². The normalized spacial score (nSPS) is 10.8. The second kappa shape index (κ2) is 4.57. The molecule has 1 N–H and O–H groups in total. The number of rotatable bonds is 4. The Labute approximate surface area is 96.7 Å². The minimum atomic E-state index is -0.874. The van der Waals surface area contributed by atoms with E-state index in [1.54, 1.807) is 0 Å². The Hall–Kier alpha value is -1.49. The number of thioether (sulfide) groups is 1. The van der Waals surface area contributed by atoms with Gasteiger partial charge in [0, 0.05) is 0 Å². The Bertz CT molecular complexity index is 521. The number of benzene rings is 1. The molecule has 16 heavy (non-hydrogen) atoms. The quantitative estimate of drug-likeness (QED) is 0.828. The van der Waals surface area contributed by atoms with Gasteiger partial charge in [0.2, 0.25) is 0 Å². The van der Waals surface area contributed by atoms with Crippen LogP contribution in [-0.4, -0.2) is 21.8 Å². The standard InChI is InChI=1S/C11H11NO3S/c1-2-7-3-4-8-9(5-7)15-11(12-8)16-6-10(13)14/h3-5H,2,6H2,1H3,(H,13,14). The van der Waals surface area contributed by atoms with Gasteiger partial charge in [0.05, 0.1) is 0 Å². The molecule has 0 fully saturated rings.